The number of aliphatic carboxylic acids is 1. The quantitative estimate of drug-likeness (QED) is 0.624. The average Bonchev–Trinajstić information content (AvgIpc) is 3.42. The number of aromatic nitrogens is 3. The number of methoxy groups -OCH3 is 1. The van der Waals surface area contributed by atoms with Gasteiger partial charge in [-0.1, -0.05) is 0 Å². The highest BCUT2D eigenvalue weighted by Gasteiger charge is 2.42. The van der Waals surface area contributed by atoms with E-state index < -0.39 is 29.8 Å². The van der Waals surface area contributed by atoms with Gasteiger partial charge in [-0.3, -0.25) is 4.90 Å². The summed E-state index contributed by atoms with van der Waals surface area (Å²) in [5.41, 5.74) is -0.105. The fourth-order valence-corrected chi connectivity index (χ4v) is 3.73. The van der Waals surface area contributed by atoms with Crippen molar-refractivity contribution >= 4 is 23.0 Å². The molecule has 1 aliphatic heterocycles. The Hall–Kier alpha value is -3.82. The van der Waals surface area contributed by atoms with E-state index in [1.54, 1.807) is 69.2 Å². The summed E-state index contributed by atoms with van der Waals surface area (Å²) >= 11 is 0. The van der Waals surface area contributed by atoms with Crippen molar-refractivity contribution in [3.05, 3.63) is 42.7 Å². The van der Waals surface area contributed by atoms with E-state index in [2.05, 4.69) is 10.1 Å². The van der Waals surface area contributed by atoms with Crippen molar-refractivity contribution in [2.24, 2.45) is 0 Å². The molecule has 1 amide bonds. The second kappa shape index (κ2) is 8.61. The molecule has 10 heteroatoms. The molecule has 1 aliphatic rings. The molecule has 10 nitrogen and oxygen atoms in total. The SMILES string of the molecule is COc1ccc2c(OC3C[C@H](C(=O)O)N(C(=O)OC(C)(C)C)C3)cc(-n3cccn3)nc2c1. The number of nitrogens with zero attached hydrogens (tertiary/aromatic N) is 4. The highest BCUT2D eigenvalue weighted by Crippen LogP contribution is 2.33. The number of carboxylic acid groups (broad SMARTS) is 1. The molecular formula is C23H26N4O6. The molecule has 1 unspecified atom stereocenters. The van der Waals surface area contributed by atoms with Crippen molar-refractivity contribution in [2.75, 3.05) is 13.7 Å². The fourth-order valence-electron chi connectivity index (χ4n) is 3.73. The van der Waals surface area contributed by atoms with Crippen LogP contribution in [0.5, 0.6) is 11.5 Å². The summed E-state index contributed by atoms with van der Waals surface area (Å²) < 4.78 is 18.6. The van der Waals surface area contributed by atoms with Gasteiger partial charge in [0, 0.05) is 36.3 Å². The van der Waals surface area contributed by atoms with E-state index >= 15 is 0 Å². The van der Waals surface area contributed by atoms with Gasteiger partial charge >= 0.3 is 12.1 Å². The largest absolute Gasteiger partial charge is 0.497 e. The number of likely N-dealkylation sites (tertiary alicyclic amines) is 1. The molecule has 33 heavy (non-hydrogen) atoms. The minimum atomic E-state index is -1.10. The average molecular weight is 454 g/mol. The Kier molecular flexibility index (Phi) is 5.84. The summed E-state index contributed by atoms with van der Waals surface area (Å²) in [5.74, 6) is 0.579. The lowest BCUT2D eigenvalue weighted by atomic mass is 10.1. The highest BCUT2D eigenvalue weighted by molar-refractivity contribution is 5.87. The maximum absolute atomic E-state index is 12.6. The van der Waals surface area contributed by atoms with Crippen molar-refractivity contribution in [3.63, 3.8) is 0 Å². The van der Waals surface area contributed by atoms with Gasteiger partial charge in [0.1, 0.15) is 29.2 Å². The predicted molar refractivity (Wildman–Crippen MR) is 119 cm³/mol. The molecule has 3 aromatic rings. The number of carboxylic acids is 1. The normalized spacial score (nSPS) is 18.4. The Morgan fingerprint density at radius 1 is 1.21 bits per heavy atom. The molecule has 1 saturated heterocycles. The van der Waals surface area contributed by atoms with Crippen LogP contribution in [-0.4, -0.2) is 68.2 Å². The number of carbonyl (C=O) groups excluding carboxylic acids is 1. The van der Waals surface area contributed by atoms with E-state index in [0.717, 1.165) is 5.39 Å². The van der Waals surface area contributed by atoms with Gasteiger partial charge in [-0.2, -0.15) is 5.10 Å². The number of fused-ring (bicyclic) bond motifs is 1. The van der Waals surface area contributed by atoms with Gasteiger partial charge in [-0.05, 0) is 39.0 Å². The van der Waals surface area contributed by atoms with Crippen molar-refractivity contribution in [3.8, 4) is 17.3 Å². The molecule has 0 aliphatic carbocycles. The second-order valence-electron chi connectivity index (χ2n) is 8.77. The molecule has 174 valence electrons. The first-order valence-electron chi connectivity index (χ1n) is 10.5. The smallest absolute Gasteiger partial charge is 0.411 e. The summed E-state index contributed by atoms with van der Waals surface area (Å²) in [4.78, 5) is 30.3. The van der Waals surface area contributed by atoms with Crippen molar-refractivity contribution in [2.45, 2.75) is 44.9 Å². The number of hydrogen-bond donors (Lipinski definition) is 1. The van der Waals surface area contributed by atoms with Crippen LogP contribution in [-0.2, 0) is 9.53 Å². The van der Waals surface area contributed by atoms with Crippen LogP contribution >= 0.6 is 0 Å². The third-order valence-corrected chi connectivity index (χ3v) is 5.17. The molecule has 0 spiro atoms. The zero-order valence-corrected chi connectivity index (χ0v) is 18.9. The van der Waals surface area contributed by atoms with Crippen LogP contribution in [0.3, 0.4) is 0 Å². The molecule has 2 aromatic heterocycles. The monoisotopic (exact) mass is 454 g/mol. The minimum Gasteiger partial charge on any atom is -0.497 e. The molecule has 1 fully saturated rings. The third kappa shape index (κ3) is 4.84. The Balaban J connectivity index is 1.66. The van der Waals surface area contributed by atoms with Gasteiger partial charge in [0.05, 0.1) is 19.2 Å². The predicted octanol–water partition coefficient (Wildman–Crippen LogP) is 3.27. The Bertz CT molecular complexity index is 1170. The summed E-state index contributed by atoms with van der Waals surface area (Å²) in [7, 11) is 1.58. The van der Waals surface area contributed by atoms with Crippen LogP contribution in [0.4, 0.5) is 4.79 Å². The topological polar surface area (TPSA) is 116 Å². The van der Waals surface area contributed by atoms with E-state index in [1.165, 1.54) is 4.90 Å². The second-order valence-corrected chi connectivity index (χ2v) is 8.77. The van der Waals surface area contributed by atoms with Crippen LogP contribution < -0.4 is 9.47 Å². The number of amides is 1. The first kappa shape index (κ1) is 22.4. The molecular weight excluding hydrogens is 428 g/mol. The van der Waals surface area contributed by atoms with Gasteiger partial charge in [0.15, 0.2) is 5.82 Å². The standard InChI is InChI=1S/C23H26N4O6/c1-23(2,3)33-22(30)26-13-15(11-18(26)21(28)29)32-19-12-20(27-9-5-8-24-27)25-17-10-14(31-4)6-7-16(17)19/h5-10,12,15,18H,11,13H2,1-4H3,(H,28,29)/t15?,18-/m1/s1. The van der Waals surface area contributed by atoms with Crippen LogP contribution in [0.1, 0.15) is 27.2 Å². The lowest BCUT2D eigenvalue weighted by Gasteiger charge is -2.26. The third-order valence-electron chi connectivity index (χ3n) is 5.17. The summed E-state index contributed by atoms with van der Waals surface area (Å²) in [5, 5.41) is 14.6. The van der Waals surface area contributed by atoms with Gasteiger partial charge in [0.2, 0.25) is 0 Å². The number of rotatable bonds is 5. The molecule has 0 saturated carbocycles. The first-order chi connectivity index (χ1) is 15.6. The van der Waals surface area contributed by atoms with Crippen LogP contribution in [0.2, 0.25) is 0 Å². The Morgan fingerprint density at radius 3 is 2.64 bits per heavy atom. The maximum Gasteiger partial charge on any atom is 0.411 e. The van der Waals surface area contributed by atoms with Crippen molar-refractivity contribution in [1.82, 2.24) is 19.7 Å². The van der Waals surface area contributed by atoms with Gasteiger partial charge in [-0.15, -0.1) is 0 Å². The number of ether oxygens (including phenoxy) is 3. The lowest BCUT2D eigenvalue weighted by Crippen LogP contribution is -2.43. The van der Waals surface area contributed by atoms with Gasteiger partial charge < -0.3 is 19.3 Å². The first-order valence-corrected chi connectivity index (χ1v) is 10.5. The van der Waals surface area contributed by atoms with E-state index in [0.29, 0.717) is 22.8 Å². The van der Waals surface area contributed by atoms with Crippen molar-refractivity contribution in [1.29, 1.82) is 0 Å². The zero-order valence-electron chi connectivity index (χ0n) is 18.9. The van der Waals surface area contributed by atoms with Crippen LogP contribution in [0.25, 0.3) is 16.7 Å². The van der Waals surface area contributed by atoms with Gasteiger partial charge in [-0.25, -0.2) is 19.3 Å². The lowest BCUT2D eigenvalue weighted by molar-refractivity contribution is -0.142. The van der Waals surface area contributed by atoms with Gasteiger partial charge in [0.25, 0.3) is 0 Å². The molecule has 0 bridgehead atoms. The molecule has 0 radical (unpaired) electrons. The molecule has 1 N–H and O–H groups in total. The number of carbonyl (C=O) groups is 2. The summed E-state index contributed by atoms with van der Waals surface area (Å²) in [6.07, 6.45) is 2.31. The Morgan fingerprint density at radius 2 is 2.00 bits per heavy atom. The molecule has 3 heterocycles. The number of pyridine rings is 1. The molecule has 1 aromatic carbocycles. The van der Waals surface area contributed by atoms with Crippen molar-refractivity contribution < 1.29 is 28.9 Å². The zero-order chi connectivity index (χ0) is 23.8. The summed E-state index contributed by atoms with van der Waals surface area (Å²) in [6, 6.07) is 7.91. The van der Waals surface area contributed by atoms with E-state index in [4.69, 9.17) is 14.2 Å². The fraction of sp³-hybridized carbons (Fsp3) is 0.391. The van der Waals surface area contributed by atoms with E-state index in [9.17, 15) is 14.7 Å². The number of hydrogen-bond acceptors (Lipinski definition) is 7. The minimum absolute atomic E-state index is 0.0863. The van der Waals surface area contributed by atoms with Crippen LogP contribution in [0, 0.1) is 0 Å². The summed E-state index contributed by atoms with van der Waals surface area (Å²) in [6.45, 7) is 5.29. The molecule has 4 rings (SSSR count). The van der Waals surface area contributed by atoms with E-state index in [-0.39, 0.29) is 13.0 Å². The van der Waals surface area contributed by atoms with E-state index in [1.807, 2.05) is 6.07 Å². The van der Waals surface area contributed by atoms with Crippen LogP contribution in [0.15, 0.2) is 42.7 Å². The Labute approximate surface area is 190 Å². The highest BCUT2D eigenvalue weighted by atomic mass is 16.6. The number of benzene rings is 1. The molecule has 2 atom stereocenters. The maximum atomic E-state index is 12.6.